The van der Waals surface area contributed by atoms with E-state index in [1.165, 1.54) is 0 Å². The Hall–Kier alpha value is -0.445. The fourth-order valence-electron chi connectivity index (χ4n) is 1.75. The molecule has 0 aromatic heterocycles. The lowest BCUT2D eigenvalue weighted by Gasteiger charge is -2.20. The summed E-state index contributed by atoms with van der Waals surface area (Å²) >= 11 is 0. The number of rotatable bonds is 6. The van der Waals surface area contributed by atoms with Crippen LogP contribution in [0.15, 0.2) is 0 Å². The third-order valence-corrected chi connectivity index (χ3v) is 5.19. The minimum atomic E-state index is -4.68. The summed E-state index contributed by atoms with van der Waals surface area (Å²) in [6.07, 6.45) is -6.88. The Kier molecular flexibility index (Phi) is 5.60. The molecule has 2 fully saturated rings. The molecule has 0 amide bonds. The van der Waals surface area contributed by atoms with Crippen molar-refractivity contribution in [1.29, 1.82) is 0 Å². The second-order valence-corrected chi connectivity index (χ2v) is 8.12. The summed E-state index contributed by atoms with van der Waals surface area (Å²) in [5.41, 5.74) is 0. The second-order valence-electron chi connectivity index (χ2n) is 4.75. The largest absolute Gasteiger partial charge is 0.640 e. The van der Waals surface area contributed by atoms with E-state index >= 15 is 0 Å². The lowest BCUT2D eigenvalue weighted by molar-refractivity contribution is -0.163. The first-order valence-corrected chi connectivity index (χ1v) is 9.33. The van der Waals surface area contributed by atoms with Crippen LogP contribution in [0, 0.1) is 0 Å². The lowest BCUT2D eigenvalue weighted by Crippen LogP contribution is -2.40. The maximum absolute atomic E-state index is 12.2. The van der Waals surface area contributed by atoms with Gasteiger partial charge in [-0.2, -0.15) is 30.0 Å². The van der Waals surface area contributed by atoms with Crippen molar-refractivity contribution in [3.05, 3.63) is 0 Å². The van der Waals surface area contributed by atoms with Crippen molar-refractivity contribution in [3.8, 4) is 0 Å². The van der Waals surface area contributed by atoms with E-state index in [-0.39, 0.29) is 0 Å². The van der Waals surface area contributed by atoms with Crippen LogP contribution in [0.4, 0.5) is 13.2 Å². The summed E-state index contributed by atoms with van der Waals surface area (Å²) in [6, 6.07) is 0. The van der Waals surface area contributed by atoms with Gasteiger partial charge in [-0.3, -0.25) is 8.37 Å². The Labute approximate surface area is 130 Å². The Morgan fingerprint density at radius 3 is 1.70 bits per heavy atom. The van der Waals surface area contributed by atoms with Crippen LogP contribution in [0.1, 0.15) is 0 Å². The predicted molar refractivity (Wildman–Crippen MR) is 67.0 cm³/mol. The van der Waals surface area contributed by atoms with Gasteiger partial charge in [0, 0.05) is 0 Å². The Morgan fingerprint density at radius 2 is 1.39 bits per heavy atom. The molecule has 0 bridgehead atoms. The quantitative estimate of drug-likeness (QED) is 0.422. The molecule has 2 saturated heterocycles. The molecule has 0 saturated carbocycles. The van der Waals surface area contributed by atoms with E-state index in [0.29, 0.717) is 0 Å². The molecule has 134 valence electrons. The zero-order valence-electron chi connectivity index (χ0n) is 11.4. The molecule has 2 aliphatic rings. The molecular formula is C8H12BF3O9S2. The van der Waals surface area contributed by atoms with Crippen LogP contribution in [0.3, 0.4) is 0 Å². The molecule has 0 N–H and O–H groups in total. The van der Waals surface area contributed by atoms with Gasteiger partial charge in [-0.05, 0) is 0 Å². The van der Waals surface area contributed by atoms with E-state index < -0.39 is 77.3 Å². The van der Waals surface area contributed by atoms with Crippen LogP contribution in [-0.2, 0) is 42.6 Å². The molecule has 9 nitrogen and oxygen atoms in total. The third-order valence-electron chi connectivity index (χ3n) is 2.64. The zero-order chi connectivity index (χ0) is 17.3. The SMILES string of the molecule is O=S1(=O)CC(OB(OCC(F)(F)F)OC2COS(=O)(=O)C2)CO1. The number of alkyl halides is 3. The molecule has 0 aliphatic carbocycles. The molecule has 2 aliphatic heterocycles. The smallest absolute Gasteiger partial charge is 0.379 e. The van der Waals surface area contributed by atoms with Crippen molar-refractivity contribution < 1.29 is 52.3 Å². The molecule has 0 radical (unpaired) electrons. The van der Waals surface area contributed by atoms with E-state index in [2.05, 4.69) is 13.0 Å². The highest BCUT2D eigenvalue weighted by atomic mass is 32.2. The Balaban J connectivity index is 1.94. The van der Waals surface area contributed by atoms with Crippen LogP contribution < -0.4 is 0 Å². The van der Waals surface area contributed by atoms with Gasteiger partial charge in [-0.15, -0.1) is 0 Å². The molecule has 0 aromatic rings. The Bertz CT molecular complexity index is 573. The second kappa shape index (κ2) is 6.82. The highest BCUT2D eigenvalue weighted by Gasteiger charge is 2.41. The molecule has 2 unspecified atom stereocenters. The molecule has 2 heterocycles. The van der Waals surface area contributed by atoms with Crippen LogP contribution in [0.2, 0.25) is 0 Å². The molecule has 15 heteroatoms. The first kappa shape index (κ1) is 18.9. The normalized spacial score (nSPS) is 29.7. The summed E-state index contributed by atoms with van der Waals surface area (Å²) in [5.74, 6) is -1.16. The van der Waals surface area contributed by atoms with Crippen molar-refractivity contribution in [2.45, 2.75) is 18.4 Å². The first-order chi connectivity index (χ1) is 10.4. The van der Waals surface area contributed by atoms with Crippen LogP contribution >= 0.6 is 0 Å². The monoisotopic (exact) mass is 384 g/mol. The Morgan fingerprint density at radius 1 is 0.957 bits per heavy atom. The van der Waals surface area contributed by atoms with Gasteiger partial charge in [-0.25, -0.2) is 0 Å². The topological polar surface area (TPSA) is 114 Å². The summed E-state index contributed by atoms with van der Waals surface area (Å²) < 4.78 is 104. The van der Waals surface area contributed by atoms with Gasteiger partial charge in [0.05, 0.1) is 25.4 Å². The van der Waals surface area contributed by atoms with E-state index in [9.17, 15) is 30.0 Å². The predicted octanol–water partition coefficient (Wildman–Crippen LogP) is -0.959. The minimum absolute atomic E-state index is 0.406. The lowest BCUT2D eigenvalue weighted by atomic mass is 10.2. The zero-order valence-corrected chi connectivity index (χ0v) is 13.0. The van der Waals surface area contributed by atoms with E-state index in [4.69, 9.17) is 9.31 Å². The van der Waals surface area contributed by atoms with Crippen LogP contribution in [0.5, 0.6) is 0 Å². The van der Waals surface area contributed by atoms with Crippen molar-refractivity contribution >= 4 is 27.6 Å². The fraction of sp³-hybridized carbons (Fsp3) is 1.00. The number of hydrogen-bond donors (Lipinski definition) is 0. The van der Waals surface area contributed by atoms with Gasteiger partial charge in [0.25, 0.3) is 20.2 Å². The van der Waals surface area contributed by atoms with Crippen molar-refractivity contribution in [2.75, 3.05) is 31.3 Å². The third kappa shape index (κ3) is 6.52. The van der Waals surface area contributed by atoms with Crippen molar-refractivity contribution in [3.63, 3.8) is 0 Å². The van der Waals surface area contributed by atoms with Crippen molar-refractivity contribution in [2.24, 2.45) is 0 Å². The van der Waals surface area contributed by atoms with Gasteiger partial charge in [-0.1, -0.05) is 0 Å². The van der Waals surface area contributed by atoms with Crippen LogP contribution in [0.25, 0.3) is 0 Å². The molecule has 0 spiro atoms. The molecule has 0 aromatic carbocycles. The fourth-order valence-corrected chi connectivity index (χ4v) is 3.92. The van der Waals surface area contributed by atoms with Crippen molar-refractivity contribution in [1.82, 2.24) is 0 Å². The van der Waals surface area contributed by atoms with Gasteiger partial charge < -0.3 is 14.0 Å². The van der Waals surface area contributed by atoms with E-state index in [0.717, 1.165) is 0 Å². The summed E-state index contributed by atoms with van der Waals surface area (Å²) in [6.45, 7) is -2.54. The van der Waals surface area contributed by atoms with Gasteiger partial charge in [0.1, 0.15) is 18.1 Å². The van der Waals surface area contributed by atoms with Gasteiger partial charge >= 0.3 is 13.5 Å². The average Bonchev–Trinajstić information content (AvgIpc) is 2.88. The highest BCUT2D eigenvalue weighted by Crippen LogP contribution is 2.20. The minimum Gasteiger partial charge on any atom is -0.379 e. The number of halogens is 3. The summed E-state index contributed by atoms with van der Waals surface area (Å²) in [4.78, 5) is 0. The van der Waals surface area contributed by atoms with E-state index in [1.54, 1.807) is 0 Å². The first-order valence-electron chi connectivity index (χ1n) is 6.18. The molecular weight excluding hydrogens is 372 g/mol. The highest BCUT2D eigenvalue weighted by molar-refractivity contribution is 7.87. The standard InChI is InChI=1S/C8H12BF3O9S2/c10-8(11,12)5-17-9(20-6-1-18-22(13,14)3-6)21-7-2-19-23(15,16)4-7/h6-7H,1-5H2. The summed E-state index contributed by atoms with van der Waals surface area (Å²) in [5, 5.41) is 0. The molecule has 2 atom stereocenters. The van der Waals surface area contributed by atoms with Gasteiger partial charge in [0.15, 0.2) is 0 Å². The van der Waals surface area contributed by atoms with Gasteiger partial charge in [0.2, 0.25) is 0 Å². The van der Waals surface area contributed by atoms with E-state index in [1.807, 2.05) is 0 Å². The van der Waals surface area contributed by atoms with Crippen LogP contribution in [-0.4, -0.2) is 73.9 Å². The molecule has 23 heavy (non-hydrogen) atoms. The maximum Gasteiger partial charge on any atom is 0.640 e. The average molecular weight is 384 g/mol. The maximum atomic E-state index is 12.2. The number of hydrogen-bond acceptors (Lipinski definition) is 9. The summed E-state index contributed by atoms with van der Waals surface area (Å²) in [7, 11) is -9.53. The molecule has 2 rings (SSSR count).